The van der Waals surface area contributed by atoms with Crippen LogP contribution < -0.4 is 11.1 Å². The van der Waals surface area contributed by atoms with Gasteiger partial charge in [0.1, 0.15) is 0 Å². The van der Waals surface area contributed by atoms with Gasteiger partial charge in [-0.05, 0) is 17.9 Å². The van der Waals surface area contributed by atoms with Gasteiger partial charge in [0.25, 0.3) is 0 Å². The molecule has 0 bridgehead atoms. The lowest BCUT2D eigenvalue weighted by atomic mass is 9.75. The molecule has 0 aliphatic rings. The zero-order valence-corrected chi connectivity index (χ0v) is 12.6. The molecule has 1 aromatic carbocycles. The lowest BCUT2D eigenvalue weighted by Gasteiger charge is -2.34. The molecule has 0 fully saturated rings. The molecule has 4 nitrogen and oxygen atoms in total. The van der Waals surface area contributed by atoms with Crippen LogP contribution in [0.2, 0.25) is 0 Å². The van der Waals surface area contributed by atoms with Gasteiger partial charge in [-0.2, -0.15) is 0 Å². The Morgan fingerprint density at radius 3 is 2.45 bits per heavy atom. The highest BCUT2D eigenvalue weighted by atomic mass is 16.3. The minimum Gasteiger partial charge on any atom is -0.396 e. The number of nitrogens with two attached hydrogens (primary N) is 1. The molecular weight excluding hydrogens is 252 g/mol. The Balaban J connectivity index is 2.77. The van der Waals surface area contributed by atoms with Crippen molar-refractivity contribution < 1.29 is 9.90 Å². The lowest BCUT2D eigenvalue weighted by Crippen LogP contribution is -2.39. The fraction of sp³-hybridized carbons (Fsp3) is 0.562. The van der Waals surface area contributed by atoms with E-state index in [2.05, 4.69) is 17.4 Å². The average molecular weight is 278 g/mol. The second-order valence-electron chi connectivity index (χ2n) is 6.09. The van der Waals surface area contributed by atoms with Crippen molar-refractivity contribution in [3.05, 3.63) is 35.9 Å². The highest BCUT2D eigenvalue weighted by Gasteiger charge is 2.30. The van der Waals surface area contributed by atoms with Crippen molar-refractivity contribution in [2.75, 3.05) is 13.2 Å². The smallest absolute Gasteiger partial charge is 0.218 e. The predicted molar refractivity (Wildman–Crippen MR) is 81.3 cm³/mol. The summed E-state index contributed by atoms with van der Waals surface area (Å²) in [6, 6.07) is 10.2. The largest absolute Gasteiger partial charge is 0.396 e. The molecular formula is C16H26N2O2. The molecule has 0 aliphatic heterocycles. The molecule has 0 radical (unpaired) electrons. The van der Waals surface area contributed by atoms with Crippen LogP contribution in [-0.2, 0) is 4.79 Å². The first kappa shape index (κ1) is 16.7. The van der Waals surface area contributed by atoms with Crippen molar-refractivity contribution in [3.63, 3.8) is 0 Å². The van der Waals surface area contributed by atoms with E-state index in [9.17, 15) is 9.90 Å². The highest BCUT2D eigenvalue weighted by molar-refractivity contribution is 5.74. The van der Waals surface area contributed by atoms with Crippen LogP contribution in [0.5, 0.6) is 0 Å². The van der Waals surface area contributed by atoms with Crippen LogP contribution in [0.3, 0.4) is 0 Å². The molecule has 1 aromatic rings. The van der Waals surface area contributed by atoms with E-state index >= 15 is 0 Å². The number of aliphatic hydroxyl groups excluding tert-OH is 1. The van der Waals surface area contributed by atoms with Crippen LogP contribution in [0.15, 0.2) is 30.3 Å². The number of carbonyl (C=O) groups is 1. The summed E-state index contributed by atoms with van der Waals surface area (Å²) in [5.74, 6) is -0.133. The Bertz CT molecular complexity index is 418. The molecule has 0 saturated heterocycles. The summed E-state index contributed by atoms with van der Waals surface area (Å²) >= 11 is 0. The Morgan fingerprint density at radius 2 is 1.95 bits per heavy atom. The summed E-state index contributed by atoms with van der Waals surface area (Å²) in [6.45, 7) is 6.85. The van der Waals surface area contributed by atoms with Gasteiger partial charge in [-0.1, -0.05) is 44.2 Å². The van der Waals surface area contributed by atoms with Gasteiger partial charge in [0.05, 0.1) is 0 Å². The van der Waals surface area contributed by atoms with Gasteiger partial charge in [0.15, 0.2) is 0 Å². The van der Waals surface area contributed by atoms with E-state index in [-0.39, 0.29) is 29.9 Å². The molecule has 20 heavy (non-hydrogen) atoms. The topological polar surface area (TPSA) is 75.4 Å². The minimum atomic E-state index is -0.303. The molecule has 112 valence electrons. The number of hydrogen-bond donors (Lipinski definition) is 3. The van der Waals surface area contributed by atoms with Crippen molar-refractivity contribution in [1.82, 2.24) is 5.32 Å². The third-order valence-electron chi connectivity index (χ3n) is 3.73. The van der Waals surface area contributed by atoms with Crippen molar-refractivity contribution in [3.8, 4) is 0 Å². The first-order valence-corrected chi connectivity index (χ1v) is 7.04. The maximum atomic E-state index is 10.9. The lowest BCUT2D eigenvalue weighted by molar-refractivity contribution is -0.118. The van der Waals surface area contributed by atoms with Crippen LogP contribution in [-0.4, -0.2) is 30.2 Å². The van der Waals surface area contributed by atoms with E-state index in [1.165, 1.54) is 5.56 Å². The summed E-state index contributed by atoms with van der Waals surface area (Å²) in [4.78, 5) is 10.9. The Morgan fingerprint density at radius 1 is 1.35 bits per heavy atom. The SMILES string of the molecule is CC(CC(N)=O)NCC(c1ccccc1)C(C)(C)CO. The minimum absolute atomic E-state index is 0.0354. The number of primary amides is 1. The third kappa shape index (κ3) is 4.94. The van der Waals surface area contributed by atoms with E-state index in [4.69, 9.17) is 5.73 Å². The molecule has 0 spiro atoms. The number of carbonyl (C=O) groups excluding carboxylic acids is 1. The number of amides is 1. The van der Waals surface area contributed by atoms with Gasteiger partial charge in [-0.25, -0.2) is 0 Å². The maximum absolute atomic E-state index is 10.9. The standard InChI is InChI=1S/C16H26N2O2/c1-12(9-15(17)20)18-10-14(16(2,3)11-19)13-7-5-4-6-8-13/h4-8,12,14,18-19H,9-11H2,1-3H3,(H2,17,20). The molecule has 0 aliphatic carbocycles. The van der Waals surface area contributed by atoms with Crippen molar-refractivity contribution in [1.29, 1.82) is 0 Å². The molecule has 0 saturated carbocycles. The van der Waals surface area contributed by atoms with E-state index in [0.29, 0.717) is 13.0 Å². The van der Waals surface area contributed by atoms with Gasteiger partial charge in [-0.15, -0.1) is 0 Å². The summed E-state index contributed by atoms with van der Waals surface area (Å²) < 4.78 is 0. The zero-order chi connectivity index (χ0) is 15.2. The quantitative estimate of drug-likeness (QED) is 0.676. The fourth-order valence-corrected chi connectivity index (χ4v) is 2.33. The van der Waals surface area contributed by atoms with E-state index in [0.717, 1.165) is 0 Å². The van der Waals surface area contributed by atoms with Gasteiger partial charge in [-0.3, -0.25) is 4.79 Å². The van der Waals surface area contributed by atoms with Gasteiger partial charge >= 0.3 is 0 Å². The van der Waals surface area contributed by atoms with Gasteiger partial charge in [0, 0.05) is 31.5 Å². The number of rotatable bonds is 8. The first-order chi connectivity index (χ1) is 9.36. The Labute approximate surface area is 121 Å². The number of benzene rings is 1. The number of aliphatic hydroxyl groups is 1. The first-order valence-electron chi connectivity index (χ1n) is 7.04. The zero-order valence-electron chi connectivity index (χ0n) is 12.6. The van der Waals surface area contributed by atoms with Crippen molar-refractivity contribution >= 4 is 5.91 Å². The van der Waals surface area contributed by atoms with Crippen LogP contribution >= 0.6 is 0 Å². The second-order valence-corrected chi connectivity index (χ2v) is 6.09. The van der Waals surface area contributed by atoms with Crippen LogP contribution in [0.25, 0.3) is 0 Å². The summed E-state index contributed by atoms with van der Waals surface area (Å²) in [5, 5.41) is 13.0. The normalized spacial score (nSPS) is 14.8. The van der Waals surface area contributed by atoms with E-state index in [1.807, 2.05) is 39.0 Å². The average Bonchev–Trinajstić information content (AvgIpc) is 2.39. The van der Waals surface area contributed by atoms with Crippen LogP contribution in [0.1, 0.15) is 38.7 Å². The molecule has 1 rings (SSSR count). The third-order valence-corrected chi connectivity index (χ3v) is 3.73. The molecule has 0 aromatic heterocycles. The van der Waals surface area contributed by atoms with Gasteiger partial charge in [0.2, 0.25) is 5.91 Å². The van der Waals surface area contributed by atoms with Crippen LogP contribution in [0.4, 0.5) is 0 Å². The van der Waals surface area contributed by atoms with Crippen molar-refractivity contribution in [2.24, 2.45) is 11.1 Å². The molecule has 4 N–H and O–H groups in total. The van der Waals surface area contributed by atoms with Gasteiger partial charge < -0.3 is 16.2 Å². The summed E-state index contributed by atoms with van der Waals surface area (Å²) in [6.07, 6.45) is 0.320. The van der Waals surface area contributed by atoms with Crippen LogP contribution in [0, 0.1) is 5.41 Å². The molecule has 4 heteroatoms. The Hall–Kier alpha value is -1.39. The Kier molecular flexibility index (Phi) is 6.17. The van der Waals surface area contributed by atoms with Crippen molar-refractivity contribution in [2.45, 2.75) is 39.2 Å². The van der Waals surface area contributed by atoms with E-state index < -0.39 is 0 Å². The fourth-order valence-electron chi connectivity index (χ4n) is 2.33. The molecule has 2 unspecified atom stereocenters. The summed E-state index contributed by atoms with van der Waals surface area (Å²) in [7, 11) is 0. The second kappa shape index (κ2) is 7.41. The van der Waals surface area contributed by atoms with E-state index in [1.54, 1.807) is 0 Å². The number of hydrogen-bond acceptors (Lipinski definition) is 3. The highest BCUT2D eigenvalue weighted by Crippen LogP contribution is 2.34. The monoisotopic (exact) mass is 278 g/mol. The molecule has 1 amide bonds. The summed E-state index contributed by atoms with van der Waals surface area (Å²) in [5.41, 5.74) is 6.15. The molecule has 2 atom stereocenters. The number of nitrogens with one attached hydrogen (secondary N) is 1. The maximum Gasteiger partial charge on any atom is 0.218 e. The predicted octanol–water partition coefficient (Wildman–Crippen LogP) is 1.64. The molecule has 0 heterocycles.